The van der Waals surface area contributed by atoms with Crippen LogP contribution in [0.3, 0.4) is 0 Å². The van der Waals surface area contributed by atoms with Gasteiger partial charge in [0, 0.05) is 11.1 Å². The van der Waals surface area contributed by atoms with Gasteiger partial charge in [0.1, 0.15) is 23.5 Å². The van der Waals surface area contributed by atoms with Gasteiger partial charge in [0.05, 0.1) is 7.11 Å². The van der Waals surface area contributed by atoms with E-state index in [2.05, 4.69) is 0 Å². The minimum atomic E-state index is -1.27. The third-order valence-corrected chi connectivity index (χ3v) is 3.00. The zero-order chi connectivity index (χ0) is 14.0. The first-order valence-corrected chi connectivity index (χ1v) is 5.81. The SMILES string of the molecule is COc1ccc(F)cc1C(O)c1cccc(C)c1F. The summed E-state index contributed by atoms with van der Waals surface area (Å²) in [6.45, 7) is 1.61. The second-order valence-corrected chi connectivity index (χ2v) is 4.27. The summed E-state index contributed by atoms with van der Waals surface area (Å²) < 4.78 is 32.3. The number of ether oxygens (including phenoxy) is 1. The van der Waals surface area contributed by atoms with Crippen molar-refractivity contribution in [2.45, 2.75) is 13.0 Å². The van der Waals surface area contributed by atoms with Gasteiger partial charge in [-0.2, -0.15) is 0 Å². The first kappa shape index (κ1) is 13.5. The first-order chi connectivity index (χ1) is 9.04. The van der Waals surface area contributed by atoms with Crippen molar-refractivity contribution in [2.75, 3.05) is 7.11 Å². The van der Waals surface area contributed by atoms with Crippen molar-refractivity contribution in [1.82, 2.24) is 0 Å². The van der Waals surface area contributed by atoms with Gasteiger partial charge in [0.2, 0.25) is 0 Å². The molecule has 1 N–H and O–H groups in total. The summed E-state index contributed by atoms with van der Waals surface area (Å²) in [5.74, 6) is -0.695. The molecular formula is C15H14F2O2. The van der Waals surface area contributed by atoms with Crippen molar-refractivity contribution in [1.29, 1.82) is 0 Å². The summed E-state index contributed by atoms with van der Waals surface area (Å²) in [6, 6.07) is 8.49. The molecule has 0 aromatic heterocycles. The number of methoxy groups -OCH3 is 1. The molecule has 0 amide bonds. The van der Waals surface area contributed by atoms with Gasteiger partial charge >= 0.3 is 0 Å². The van der Waals surface area contributed by atoms with Crippen molar-refractivity contribution in [2.24, 2.45) is 0 Å². The van der Waals surface area contributed by atoms with Gasteiger partial charge < -0.3 is 9.84 Å². The maximum atomic E-state index is 14.0. The molecule has 0 aliphatic carbocycles. The van der Waals surface area contributed by atoms with Gasteiger partial charge in [-0.3, -0.25) is 0 Å². The number of halogens is 2. The molecule has 0 spiro atoms. The van der Waals surface area contributed by atoms with Crippen LogP contribution in [0.1, 0.15) is 22.8 Å². The molecule has 0 aliphatic rings. The number of hydrogen-bond acceptors (Lipinski definition) is 2. The third-order valence-electron chi connectivity index (χ3n) is 3.00. The van der Waals surface area contributed by atoms with Crippen LogP contribution in [0, 0.1) is 18.6 Å². The molecule has 0 bridgehead atoms. The van der Waals surface area contributed by atoms with Gasteiger partial charge in [-0.1, -0.05) is 18.2 Å². The van der Waals surface area contributed by atoms with Gasteiger partial charge in [-0.15, -0.1) is 0 Å². The summed E-state index contributed by atoms with van der Waals surface area (Å²) in [6.07, 6.45) is -1.27. The second kappa shape index (κ2) is 5.36. The molecule has 1 unspecified atom stereocenters. The van der Waals surface area contributed by atoms with Crippen LogP contribution >= 0.6 is 0 Å². The summed E-state index contributed by atoms with van der Waals surface area (Å²) in [7, 11) is 1.41. The number of benzene rings is 2. The third kappa shape index (κ3) is 2.58. The lowest BCUT2D eigenvalue weighted by Crippen LogP contribution is -2.06. The van der Waals surface area contributed by atoms with E-state index in [4.69, 9.17) is 4.74 Å². The van der Waals surface area contributed by atoms with Crippen LogP contribution in [0.2, 0.25) is 0 Å². The van der Waals surface area contributed by atoms with Gasteiger partial charge in [0.25, 0.3) is 0 Å². The normalized spacial score (nSPS) is 12.3. The Morgan fingerprint density at radius 3 is 2.53 bits per heavy atom. The van der Waals surface area contributed by atoms with Crippen molar-refractivity contribution >= 4 is 0 Å². The lowest BCUT2D eigenvalue weighted by atomic mass is 9.98. The molecule has 2 rings (SSSR count). The second-order valence-electron chi connectivity index (χ2n) is 4.27. The van der Waals surface area contributed by atoms with E-state index in [-0.39, 0.29) is 11.1 Å². The number of hydrogen-bond donors (Lipinski definition) is 1. The molecule has 0 saturated heterocycles. The van der Waals surface area contributed by atoms with Crippen LogP contribution in [0.25, 0.3) is 0 Å². The van der Waals surface area contributed by atoms with Crippen molar-refractivity contribution in [3.63, 3.8) is 0 Å². The maximum Gasteiger partial charge on any atom is 0.132 e. The zero-order valence-electron chi connectivity index (χ0n) is 10.7. The van der Waals surface area contributed by atoms with Crippen LogP contribution in [0.15, 0.2) is 36.4 Å². The highest BCUT2D eigenvalue weighted by molar-refractivity contribution is 5.41. The van der Waals surface area contributed by atoms with Crippen LogP contribution < -0.4 is 4.74 Å². The Balaban J connectivity index is 2.52. The average Bonchev–Trinajstić information content (AvgIpc) is 2.41. The molecule has 100 valence electrons. The topological polar surface area (TPSA) is 29.5 Å². The molecular weight excluding hydrogens is 250 g/mol. The van der Waals surface area contributed by atoms with E-state index in [9.17, 15) is 13.9 Å². The largest absolute Gasteiger partial charge is 0.496 e. The van der Waals surface area contributed by atoms with Crippen LogP contribution in [-0.4, -0.2) is 12.2 Å². The monoisotopic (exact) mass is 264 g/mol. The molecule has 1 atom stereocenters. The molecule has 2 aromatic carbocycles. The highest BCUT2D eigenvalue weighted by Crippen LogP contribution is 2.32. The summed E-state index contributed by atoms with van der Waals surface area (Å²) >= 11 is 0. The molecule has 0 aliphatic heterocycles. The Morgan fingerprint density at radius 2 is 1.84 bits per heavy atom. The smallest absolute Gasteiger partial charge is 0.132 e. The highest BCUT2D eigenvalue weighted by atomic mass is 19.1. The fourth-order valence-corrected chi connectivity index (χ4v) is 1.97. The molecule has 0 fully saturated rings. The quantitative estimate of drug-likeness (QED) is 0.921. The molecule has 2 nitrogen and oxygen atoms in total. The molecule has 19 heavy (non-hydrogen) atoms. The molecule has 0 heterocycles. The highest BCUT2D eigenvalue weighted by Gasteiger charge is 2.20. The maximum absolute atomic E-state index is 14.0. The lowest BCUT2D eigenvalue weighted by molar-refractivity contribution is 0.209. The predicted molar refractivity (Wildman–Crippen MR) is 68.2 cm³/mol. The molecule has 2 aromatic rings. The zero-order valence-corrected chi connectivity index (χ0v) is 10.7. The predicted octanol–water partition coefficient (Wildman–Crippen LogP) is 3.36. The number of rotatable bonds is 3. The van der Waals surface area contributed by atoms with Gasteiger partial charge in [-0.05, 0) is 30.7 Å². The number of aryl methyl sites for hydroxylation is 1. The van der Waals surface area contributed by atoms with E-state index in [1.807, 2.05) is 0 Å². The van der Waals surface area contributed by atoms with Crippen molar-refractivity contribution in [3.05, 3.63) is 64.7 Å². The standard InChI is InChI=1S/C15H14F2O2/c1-9-4-3-5-11(14(9)17)15(18)12-8-10(16)6-7-13(12)19-2/h3-8,15,18H,1-2H3. The van der Waals surface area contributed by atoms with E-state index in [1.165, 1.54) is 25.3 Å². The van der Waals surface area contributed by atoms with E-state index in [0.717, 1.165) is 6.07 Å². The fourth-order valence-electron chi connectivity index (χ4n) is 1.97. The minimum absolute atomic E-state index is 0.101. The summed E-state index contributed by atoms with van der Waals surface area (Å²) in [5, 5.41) is 10.2. The van der Waals surface area contributed by atoms with Crippen LogP contribution in [0.4, 0.5) is 8.78 Å². The van der Waals surface area contributed by atoms with E-state index in [0.29, 0.717) is 11.3 Å². The molecule has 4 heteroatoms. The molecule has 0 saturated carbocycles. The fraction of sp³-hybridized carbons (Fsp3) is 0.200. The van der Waals surface area contributed by atoms with E-state index in [1.54, 1.807) is 19.1 Å². The number of aliphatic hydroxyl groups is 1. The summed E-state index contributed by atoms with van der Waals surface area (Å²) in [4.78, 5) is 0. The first-order valence-electron chi connectivity index (χ1n) is 5.81. The Kier molecular flexibility index (Phi) is 3.81. The Labute approximate surface area is 110 Å². The van der Waals surface area contributed by atoms with Crippen molar-refractivity contribution < 1.29 is 18.6 Å². The van der Waals surface area contributed by atoms with Gasteiger partial charge in [-0.25, -0.2) is 8.78 Å². The van der Waals surface area contributed by atoms with Gasteiger partial charge in [0.15, 0.2) is 0 Å². The Bertz CT molecular complexity index is 597. The Hall–Kier alpha value is -1.94. The molecule has 0 radical (unpaired) electrons. The van der Waals surface area contributed by atoms with E-state index >= 15 is 0 Å². The average molecular weight is 264 g/mol. The Morgan fingerprint density at radius 1 is 1.11 bits per heavy atom. The van der Waals surface area contributed by atoms with Crippen molar-refractivity contribution in [3.8, 4) is 5.75 Å². The lowest BCUT2D eigenvalue weighted by Gasteiger charge is -2.16. The minimum Gasteiger partial charge on any atom is -0.496 e. The number of aliphatic hydroxyl groups excluding tert-OH is 1. The van der Waals surface area contributed by atoms with E-state index < -0.39 is 17.7 Å². The van der Waals surface area contributed by atoms with Crippen LogP contribution in [-0.2, 0) is 0 Å². The van der Waals surface area contributed by atoms with Crippen LogP contribution in [0.5, 0.6) is 5.75 Å². The summed E-state index contributed by atoms with van der Waals surface area (Å²) in [5.41, 5.74) is 0.725.